The van der Waals surface area contributed by atoms with E-state index in [1.54, 1.807) is 11.3 Å². The van der Waals surface area contributed by atoms with Crippen LogP contribution in [0.15, 0.2) is 52.2 Å². The Hall–Kier alpha value is -3.19. The van der Waals surface area contributed by atoms with Crippen LogP contribution in [0.4, 0.5) is 0 Å². The second-order valence-electron chi connectivity index (χ2n) is 8.61. The summed E-state index contributed by atoms with van der Waals surface area (Å²) in [6.07, 6.45) is 7.11. The topological polar surface area (TPSA) is 89.8 Å². The minimum atomic E-state index is -0.846. The first-order valence-corrected chi connectivity index (χ1v) is 10.3. The Morgan fingerprint density at radius 1 is 1.17 bits per heavy atom. The minimum absolute atomic E-state index is 0.235. The van der Waals surface area contributed by atoms with Crippen LogP contribution in [0.5, 0.6) is 0 Å². The zero-order valence-corrected chi connectivity index (χ0v) is 17.1. The van der Waals surface area contributed by atoms with Crippen molar-refractivity contribution in [3.63, 3.8) is 0 Å². The number of benzene rings is 1. The van der Waals surface area contributed by atoms with Gasteiger partial charge in [-0.15, -0.1) is 0 Å². The Labute approximate surface area is 174 Å². The van der Waals surface area contributed by atoms with Crippen molar-refractivity contribution in [2.24, 2.45) is 16.1 Å². The lowest BCUT2D eigenvalue weighted by Crippen LogP contribution is -2.47. The molecular weight excluding hydrogens is 378 g/mol. The molecule has 30 heavy (non-hydrogen) atoms. The highest BCUT2D eigenvalue weighted by atomic mass is 16.7. The van der Waals surface area contributed by atoms with Crippen LogP contribution in [0.2, 0.25) is 0 Å². The van der Waals surface area contributed by atoms with Crippen LogP contribution in [0.1, 0.15) is 34.6 Å². The van der Waals surface area contributed by atoms with Gasteiger partial charge in [-0.3, -0.25) is 4.98 Å². The highest BCUT2D eigenvalue weighted by Gasteiger charge is 2.63. The van der Waals surface area contributed by atoms with Crippen LogP contribution in [-0.2, 0) is 29.8 Å². The van der Waals surface area contributed by atoms with E-state index in [4.69, 9.17) is 20.1 Å². The lowest BCUT2D eigenvalue weighted by Gasteiger charge is -2.43. The van der Waals surface area contributed by atoms with E-state index in [2.05, 4.69) is 34.4 Å². The quantitative estimate of drug-likeness (QED) is 0.674. The van der Waals surface area contributed by atoms with Gasteiger partial charge in [-0.1, -0.05) is 23.4 Å². The van der Waals surface area contributed by atoms with Gasteiger partial charge in [-0.25, -0.2) is 14.9 Å². The largest absolute Gasteiger partial charge is 0.368 e. The third-order valence-corrected chi connectivity index (χ3v) is 7.00. The van der Waals surface area contributed by atoms with Gasteiger partial charge in [-0.05, 0) is 61.4 Å². The van der Waals surface area contributed by atoms with Crippen LogP contribution in [0.25, 0.3) is 11.1 Å². The monoisotopic (exact) mass is 401 g/mol. The van der Waals surface area contributed by atoms with Gasteiger partial charge in [0.2, 0.25) is 11.7 Å². The number of aromatic nitrogens is 2. The lowest BCUT2D eigenvalue weighted by molar-refractivity contribution is -0.224. The summed E-state index contributed by atoms with van der Waals surface area (Å²) in [5.74, 6) is 1.29. The molecule has 0 amide bonds. The molecule has 3 aromatic rings. The molecule has 3 aliphatic rings. The fourth-order valence-corrected chi connectivity index (χ4v) is 5.44. The second-order valence-corrected chi connectivity index (χ2v) is 8.61. The maximum absolute atomic E-state index is 6.50. The van der Waals surface area contributed by atoms with Crippen molar-refractivity contribution in [2.45, 2.75) is 38.3 Å². The Balaban J connectivity index is 1.54. The molecule has 0 fully saturated rings. The molecule has 0 saturated carbocycles. The number of nitrogens with zero attached hydrogens (tertiary/aromatic N) is 4. The maximum Gasteiger partial charge on any atom is 0.221 e. The van der Waals surface area contributed by atoms with E-state index in [9.17, 15) is 0 Å². The van der Waals surface area contributed by atoms with E-state index in [1.165, 1.54) is 11.1 Å². The van der Waals surface area contributed by atoms with Gasteiger partial charge in [-0.2, -0.15) is 0 Å². The molecule has 2 unspecified atom stereocenters. The Bertz CT molecular complexity index is 1190. The number of hydroxylamine groups is 2. The number of nitrogens with two attached hydrogens (primary N) is 1. The molecule has 2 atom stereocenters. The molecule has 0 saturated heterocycles. The van der Waals surface area contributed by atoms with Crippen LogP contribution in [-0.4, -0.2) is 28.2 Å². The zero-order valence-electron chi connectivity index (χ0n) is 17.1. The van der Waals surface area contributed by atoms with E-state index in [0.717, 1.165) is 53.8 Å². The minimum Gasteiger partial charge on any atom is -0.368 e. The number of pyridine rings is 1. The molecule has 0 bridgehead atoms. The summed E-state index contributed by atoms with van der Waals surface area (Å²) in [6, 6.07) is 10.6. The van der Waals surface area contributed by atoms with Gasteiger partial charge in [0.1, 0.15) is 5.76 Å². The van der Waals surface area contributed by atoms with Crippen molar-refractivity contribution in [3.05, 3.63) is 70.9 Å². The summed E-state index contributed by atoms with van der Waals surface area (Å²) in [5, 5.41) is 5.87. The number of rotatable bonds is 1. The number of hydrogen-bond acceptors (Lipinski definition) is 7. The zero-order chi connectivity index (χ0) is 20.5. The van der Waals surface area contributed by atoms with Gasteiger partial charge in [0, 0.05) is 36.0 Å². The number of aryl methyl sites for hydroxylation is 2. The van der Waals surface area contributed by atoms with Crippen LogP contribution in [0.3, 0.4) is 0 Å². The van der Waals surface area contributed by atoms with Gasteiger partial charge in [0.15, 0.2) is 0 Å². The molecule has 1 aliphatic heterocycles. The predicted molar refractivity (Wildman–Crippen MR) is 111 cm³/mol. The summed E-state index contributed by atoms with van der Waals surface area (Å²) in [4.78, 5) is 15.7. The summed E-state index contributed by atoms with van der Waals surface area (Å²) in [6.45, 7) is 1.99. The number of aliphatic imine (C=N–C) groups is 1. The highest BCUT2D eigenvalue weighted by molar-refractivity contribution is 5.79. The van der Waals surface area contributed by atoms with E-state index < -0.39 is 5.72 Å². The molecule has 0 radical (unpaired) electrons. The molecule has 2 N–H and O–H groups in total. The SMILES string of the molecule is Cc1onc2c1CC1(CC2)Cc2ccc(-c3cccnc3)cc2C12N=C(N)N(C)O2. The fraction of sp³-hybridized carbons (Fsp3) is 0.348. The van der Waals surface area contributed by atoms with Crippen molar-refractivity contribution in [1.82, 2.24) is 15.2 Å². The van der Waals surface area contributed by atoms with Gasteiger partial charge in [0.05, 0.1) is 5.69 Å². The van der Waals surface area contributed by atoms with Crippen LogP contribution in [0, 0.1) is 12.3 Å². The van der Waals surface area contributed by atoms with Crippen molar-refractivity contribution >= 4 is 5.96 Å². The summed E-state index contributed by atoms with van der Waals surface area (Å²) in [7, 11) is 1.82. The molecule has 2 aliphatic carbocycles. The predicted octanol–water partition coefficient (Wildman–Crippen LogP) is 3.12. The Morgan fingerprint density at radius 3 is 2.83 bits per heavy atom. The van der Waals surface area contributed by atoms with Gasteiger partial charge >= 0.3 is 0 Å². The summed E-state index contributed by atoms with van der Waals surface area (Å²) < 4.78 is 5.50. The summed E-state index contributed by atoms with van der Waals surface area (Å²) >= 11 is 0. The Morgan fingerprint density at radius 2 is 2.07 bits per heavy atom. The van der Waals surface area contributed by atoms with E-state index in [0.29, 0.717) is 5.96 Å². The highest BCUT2D eigenvalue weighted by Crippen LogP contribution is 2.61. The van der Waals surface area contributed by atoms with Gasteiger partial charge < -0.3 is 10.3 Å². The number of guanidine groups is 1. The average molecular weight is 401 g/mol. The molecule has 2 aromatic heterocycles. The fourth-order valence-electron chi connectivity index (χ4n) is 5.44. The molecule has 7 heteroatoms. The lowest BCUT2D eigenvalue weighted by atomic mass is 9.66. The van der Waals surface area contributed by atoms with Crippen LogP contribution < -0.4 is 5.73 Å². The first-order valence-electron chi connectivity index (χ1n) is 10.3. The molecule has 6 rings (SSSR count). The van der Waals surface area contributed by atoms with Crippen molar-refractivity contribution in [1.29, 1.82) is 0 Å². The molecule has 7 nitrogen and oxygen atoms in total. The van der Waals surface area contributed by atoms with Gasteiger partial charge in [0.25, 0.3) is 0 Å². The average Bonchev–Trinajstić information content (AvgIpc) is 3.36. The molecule has 1 aromatic carbocycles. The first kappa shape index (κ1) is 17.7. The standard InChI is InChI=1S/C23H23N5O2/c1-14-18-12-22(8-7-20(18)27-29-14)11-16-6-5-15(17-4-3-9-25-13-17)10-19(16)23(22)26-21(24)28(2)30-23/h3-6,9-10,13H,7-8,11-12H2,1-2H3,(H2,24,26). The van der Waals surface area contributed by atoms with Crippen molar-refractivity contribution < 1.29 is 9.36 Å². The van der Waals surface area contributed by atoms with Crippen LogP contribution >= 0.6 is 0 Å². The van der Waals surface area contributed by atoms with Crippen molar-refractivity contribution in [3.8, 4) is 11.1 Å². The first-order chi connectivity index (χ1) is 14.5. The van der Waals surface area contributed by atoms with E-state index >= 15 is 0 Å². The molecule has 2 spiro atoms. The molecule has 3 heterocycles. The number of fused-ring (bicyclic) bond motifs is 4. The third kappa shape index (κ3) is 2.21. The van der Waals surface area contributed by atoms with Crippen molar-refractivity contribution in [2.75, 3.05) is 7.05 Å². The third-order valence-electron chi connectivity index (χ3n) is 7.00. The normalized spacial score (nSPS) is 26.9. The van der Waals surface area contributed by atoms with E-state index in [-0.39, 0.29) is 5.41 Å². The smallest absolute Gasteiger partial charge is 0.221 e. The second kappa shape index (κ2) is 5.92. The summed E-state index contributed by atoms with van der Waals surface area (Å²) in [5.41, 5.74) is 11.9. The maximum atomic E-state index is 6.50. The molecule has 152 valence electrons. The Kier molecular flexibility index (Phi) is 3.48. The number of hydrogen-bond donors (Lipinski definition) is 1. The van der Waals surface area contributed by atoms with E-state index in [1.807, 2.05) is 26.2 Å². The molecular formula is C23H23N5O2.